The van der Waals surface area contributed by atoms with Crippen molar-refractivity contribution >= 4 is 23.2 Å². The molecular weight excluding hydrogens is 352 g/mol. The monoisotopic (exact) mass is 374 g/mol. The number of carbonyl (C=O) groups is 1. The van der Waals surface area contributed by atoms with E-state index in [1.54, 1.807) is 30.7 Å². The van der Waals surface area contributed by atoms with E-state index in [9.17, 15) is 4.79 Å². The molecule has 1 amide bonds. The Kier molecular flexibility index (Phi) is 5.14. The largest absolute Gasteiger partial charge is 0.355 e. The van der Waals surface area contributed by atoms with E-state index in [1.807, 2.05) is 36.1 Å². The third kappa shape index (κ3) is 4.09. The average Bonchev–Trinajstić information content (AvgIpc) is 2.74. The first-order chi connectivity index (χ1) is 13.7. The molecule has 3 heterocycles. The van der Waals surface area contributed by atoms with Crippen LogP contribution in [0.1, 0.15) is 16.1 Å². The lowest BCUT2D eigenvalue weighted by molar-refractivity contribution is 0.0740. The normalized spacial score (nSPS) is 14.0. The van der Waals surface area contributed by atoms with Crippen molar-refractivity contribution in [1.29, 1.82) is 0 Å². The lowest BCUT2D eigenvalue weighted by Crippen LogP contribution is -2.49. The first-order valence-corrected chi connectivity index (χ1v) is 9.30. The number of aromatic nitrogens is 3. The fourth-order valence-corrected chi connectivity index (χ4v) is 3.24. The van der Waals surface area contributed by atoms with E-state index in [2.05, 4.69) is 31.2 Å². The van der Waals surface area contributed by atoms with Crippen molar-refractivity contribution in [2.75, 3.05) is 36.4 Å². The highest BCUT2D eigenvalue weighted by atomic mass is 16.2. The second-order valence-corrected chi connectivity index (χ2v) is 6.75. The number of rotatable bonds is 4. The zero-order valence-electron chi connectivity index (χ0n) is 15.7. The molecule has 1 aliphatic heterocycles. The van der Waals surface area contributed by atoms with Crippen molar-refractivity contribution in [1.82, 2.24) is 19.9 Å². The number of pyridine rings is 1. The number of benzene rings is 1. The average molecular weight is 374 g/mol. The van der Waals surface area contributed by atoms with Gasteiger partial charge in [0.25, 0.3) is 5.91 Å². The Morgan fingerprint density at radius 2 is 1.64 bits per heavy atom. The minimum absolute atomic E-state index is 0.0541. The maximum absolute atomic E-state index is 12.9. The highest BCUT2D eigenvalue weighted by Gasteiger charge is 2.24. The number of aryl methyl sites for hydroxylation is 1. The third-order valence-corrected chi connectivity index (χ3v) is 4.69. The summed E-state index contributed by atoms with van der Waals surface area (Å²) in [5, 5.41) is 3.34. The molecule has 0 bridgehead atoms. The number of carbonyl (C=O) groups excluding carboxylic acids is 1. The van der Waals surface area contributed by atoms with Gasteiger partial charge in [-0.1, -0.05) is 12.1 Å². The molecule has 7 heteroatoms. The molecule has 1 fully saturated rings. The van der Waals surface area contributed by atoms with Crippen molar-refractivity contribution in [3.8, 4) is 0 Å². The molecule has 0 saturated carbocycles. The van der Waals surface area contributed by atoms with Crippen LogP contribution in [0.5, 0.6) is 0 Å². The smallest absolute Gasteiger partial charge is 0.272 e. The molecule has 1 N–H and O–H groups in total. The summed E-state index contributed by atoms with van der Waals surface area (Å²) in [6, 6.07) is 13.6. The maximum atomic E-state index is 12.9. The Balaban J connectivity index is 1.41. The van der Waals surface area contributed by atoms with E-state index >= 15 is 0 Å². The summed E-state index contributed by atoms with van der Waals surface area (Å²) >= 11 is 0. The summed E-state index contributed by atoms with van der Waals surface area (Å²) < 4.78 is 0. The van der Waals surface area contributed by atoms with Crippen molar-refractivity contribution in [2.45, 2.75) is 6.92 Å². The Bertz CT molecular complexity index is 954. The van der Waals surface area contributed by atoms with Crippen molar-refractivity contribution < 1.29 is 4.79 Å². The molecule has 7 nitrogen and oxygen atoms in total. The summed E-state index contributed by atoms with van der Waals surface area (Å²) in [5.74, 6) is 0.651. The van der Waals surface area contributed by atoms with Gasteiger partial charge in [-0.2, -0.15) is 0 Å². The zero-order chi connectivity index (χ0) is 19.3. The molecule has 0 radical (unpaired) electrons. The minimum Gasteiger partial charge on any atom is -0.355 e. The SMILES string of the molecule is Cc1cccc(Nc2ccnc(C(=O)N3CCN(c4ncccn4)CC3)c2)c1. The van der Waals surface area contributed by atoms with Gasteiger partial charge in [0.1, 0.15) is 5.69 Å². The van der Waals surface area contributed by atoms with Crippen LogP contribution in [0.15, 0.2) is 61.1 Å². The van der Waals surface area contributed by atoms with Gasteiger partial charge in [-0.25, -0.2) is 9.97 Å². The highest BCUT2D eigenvalue weighted by molar-refractivity contribution is 5.93. The molecule has 1 aliphatic rings. The van der Waals surface area contributed by atoms with Crippen LogP contribution in [0.25, 0.3) is 0 Å². The second-order valence-electron chi connectivity index (χ2n) is 6.75. The predicted octanol–water partition coefficient (Wildman–Crippen LogP) is 2.89. The molecule has 4 rings (SSSR count). The summed E-state index contributed by atoms with van der Waals surface area (Å²) in [6.07, 6.45) is 5.13. The molecule has 142 valence electrons. The maximum Gasteiger partial charge on any atom is 0.272 e. The summed E-state index contributed by atoms with van der Waals surface area (Å²) in [6.45, 7) is 4.70. The fraction of sp³-hybridized carbons (Fsp3) is 0.238. The van der Waals surface area contributed by atoms with Gasteiger partial charge in [0.15, 0.2) is 0 Å². The topological polar surface area (TPSA) is 74.2 Å². The molecule has 0 atom stereocenters. The number of piperazine rings is 1. The lowest BCUT2D eigenvalue weighted by Gasteiger charge is -2.34. The Morgan fingerprint density at radius 3 is 2.39 bits per heavy atom. The van der Waals surface area contributed by atoms with Gasteiger partial charge in [-0.15, -0.1) is 0 Å². The minimum atomic E-state index is -0.0541. The van der Waals surface area contributed by atoms with E-state index in [4.69, 9.17) is 0 Å². The summed E-state index contributed by atoms with van der Waals surface area (Å²) in [7, 11) is 0. The summed E-state index contributed by atoms with van der Waals surface area (Å²) in [4.78, 5) is 29.6. The second kappa shape index (κ2) is 8.04. The standard InChI is InChI=1S/C21H22N6O/c1-16-4-2-5-17(14-16)25-18-6-9-22-19(15-18)20(28)26-10-12-27(13-11-26)21-23-7-3-8-24-21/h2-9,14-15H,10-13H2,1H3,(H,22,25). The van der Waals surface area contributed by atoms with E-state index in [-0.39, 0.29) is 5.91 Å². The quantitative estimate of drug-likeness (QED) is 0.757. The van der Waals surface area contributed by atoms with E-state index < -0.39 is 0 Å². The number of hydrogen-bond acceptors (Lipinski definition) is 6. The number of amides is 1. The van der Waals surface area contributed by atoms with Gasteiger partial charge in [0, 0.05) is 56.1 Å². The number of nitrogens with zero attached hydrogens (tertiary/aromatic N) is 5. The van der Waals surface area contributed by atoms with Gasteiger partial charge in [0.2, 0.25) is 5.95 Å². The fourth-order valence-electron chi connectivity index (χ4n) is 3.24. The van der Waals surface area contributed by atoms with Gasteiger partial charge in [-0.3, -0.25) is 9.78 Å². The number of nitrogens with one attached hydrogen (secondary N) is 1. The van der Waals surface area contributed by atoms with Gasteiger partial charge in [0.05, 0.1) is 0 Å². The van der Waals surface area contributed by atoms with Crippen LogP contribution in [0.3, 0.4) is 0 Å². The lowest BCUT2D eigenvalue weighted by atomic mass is 10.2. The summed E-state index contributed by atoms with van der Waals surface area (Å²) in [5.41, 5.74) is 3.46. The van der Waals surface area contributed by atoms with Crippen molar-refractivity contribution in [3.05, 3.63) is 72.3 Å². The number of anilines is 3. The van der Waals surface area contributed by atoms with Crippen LogP contribution < -0.4 is 10.2 Å². The van der Waals surface area contributed by atoms with Crippen molar-refractivity contribution in [2.24, 2.45) is 0 Å². The van der Waals surface area contributed by atoms with Crippen LogP contribution in [0.2, 0.25) is 0 Å². The molecule has 3 aromatic rings. The first kappa shape index (κ1) is 17.9. The highest BCUT2D eigenvalue weighted by Crippen LogP contribution is 2.19. The van der Waals surface area contributed by atoms with Crippen molar-refractivity contribution in [3.63, 3.8) is 0 Å². The van der Waals surface area contributed by atoms with E-state index in [1.165, 1.54) is 5.56 Å². The molecule has 0 aliphatic carbocycles. The zero-order valence-corrected chi connectivity index (χ0v) is 15.7. The molecule has 0 unspecified atom stereocenters. The Morgan fingerprint density at radius 1 is 0.893 bits per heavy atom. The molecule has 0 spiro atoms. The molecule has 1 aromatic carbocycles. The molecule has 28 heavy (non-hydrogen) atoms. The van der Waals surface area contributed by atoms with Crippen LogP contribution >= 0.6 is 0 Å². The molecule has 1 saturated heterocycles. The molecule has 2 aromatic heterocycles. The van der Waals surface area contributed by atoms with E-state index in [0.29, 0.717) is 37.8 Å². The van der Waals surface area contributed by atoms with Gasteiger partial charge >= 0.3 is 0 Å². The third-order valence-electron chi connectivity index (χ3n) is 4.69. The number of hydrogen-bond donors (Lipinski definition) is 1. The molecular formula is C21H22N6O. The Labute approximate surface area is 164 Å². The van der Waals surface area contributed by atoms with Crippen LogP contribution in [0, 0.1) is 6.92 Å². The van der Waals surface area contributed by atoms with Crippen LogP contribution in [-0.2, 0) is 0 Å². The van der Waals surface area contributed by atoms with Crippen LogP contribution in [0.4, 0.5) is 17.3 Å². The van der Waals surface area contributed by atoms with E-state index in [0.717, 1.165) is 11.4 Å². The van der Waals surface area contributed by atoms with Gasteiger partial charge < -0.3 is 15.1 Å². The first-order valence-electron chi connectivity index (χ1n) is 9.30. The van der Waals surface area contributed by atoms with Crippen LogP contribution in [-0.4, -0.2) is 51.9 Å². The predicted molar refractivity (Wildman–Crippen MR) is 109 cm³/mol. The Hall–Kier alpha value is -3.48. The van der Waals surface area contributed by atoms with Gasteiger partial charge in [-0.05, 0) is 42.8 Å².